The molecule has 21 heavy (non-hydrogen) atoms. The van der Waals surface area contributed by atoms with Crippen molar-refractivity contribution in [2.45, 2.75) is 6.54 Å². The van der Waals surface area contributed by atoms with Crippen molar-refractivity contribution in [3.8, 4) is 23.0 Å². The largest absolute Gasteiger partial charge is 0.508 e. The Bertz CT molecular complexity index is 571. The zero-order chi connectivity index (χ0) is 15.2. The minimum absolute atomic E-state index is 0.244. The third kappa shape index (κ3) is 3.51. The second-order valence-corrected chi connectivity index (χ2v) is 4.43. The van der Waals surface area contributed by atoms with Crippen molar-refractivity contribution < 1.29 is 19.3 Å². The molecular weight excluding hydrogens is 270 g/mol. The summed E-state index contributed by atoms with van der Waals surface area (Å²) in [6.07, 6.45) is 0. The standard InChI is InChI=1S/C16H19NO4/c1-19-14-8-11(9-15(20-2)16(14)21-3)10-17-12-4-6-13(18)7-5-12/h4-9,17-18H,10H2,1-3H3. The van der Waals surface area contributed by atoms with E-state index in [1.807, 2.05) is 24.3 Å². The van der Waals surface area contributed by atoms with Crippen LogP contribution in [-0.2, 0) is 6.54 Å². The van der Waals surface area contributed by atoms with Crippen LogP contribution >= 0.6 is 0 Å². The van der Waals surface area contributed by atoms with Gasteiger partial charge in [0.05, 0.1) is 21.3 Å². The lowest BCUT2D eigenvalue weighted by molar-refractivity contribution is 0.324. The molecule has 0 fully saturated rings. The number of hydrogen-bond acceptors (Lipinski definition) is 5. The van der Waals surface area contributed by atoms with E-state index in [1.165, 1.54) is 0 Å². The molecule has 2 aromatic carbocycles. The van der Waals surface area contributed by atoms with Crippen LogP contribution < -0.4 is 19.5 Å². The van der Waals surface area contributed by atoms with Crippen LogP contribution in [0.4, 0.5) is 5.69 Å². The van der Waals surface area contributed by atoms with Gasteiger partial charge in [-0.15, -0.1) is 0 Å². The molecule has 2 N–H and O–H groups in total. The van der Waals surface area contributed by atoms with E-state index >= 15 is 0 Å². The zero-order valence-electron chi connectivity index (χ0n) is 12.3. The molecule has 0 atom stereocenters. The van der Waals surface area contributed by atoms with Crippen LogP contribution in [0.25, 0.3) is 0 Å². The maximum Gasteiger partial charge on any atom is 0.203 e. The number of hydrogen-bond donors (Lipinski definition) is 2. The number of rotatable bonds is 6. The van der Waals surface area contributed by atoms with Gasteiger partial charge in [-0.25, -0.2) is 0 Å². The zero-order valence-corrected chi connectivity index (χ0v) is 12.3. The van der Waals surface area contributed by atoms with Crippen LogP contribution in [0.2, 0.25) is 0 Å². The molecule has 0 spiro atoms. The molecule has 0 aliphatic heterocycles. The van der Waals surface area contributed by atoms with Crippen molar-refractivity contribution in [3.05, 3.63) is 42.0 Å². The van der Waals surface area contributed by atoms with Crippen molar-refractivity contribution in [2.75, 3.05) is 26.6 Å². The van der Waals surface area contributed by atoms with E-state index in [1.54, 1.807) is 33.5 Å². The molecule has 0 aliphatic carbocycles. The fourth-order valence-corrected chi connectivity index (χ4v) is 2.02. The molecule has 0 aromatic heterocycles. The second-order valence-electron chi connectivity index (χ2n) is 4.43. The summed E-state index contributed by atoms with van der Waals surface area (Å²) in [6, 6.07) is 10.7. The summed E-state index contributed by atoms with van der Waals surface area (Å²) < 4.78 is 15.9. The van der Waals surface area contributed by atoms with Gasteiger partial charge < -0.3 is 24.6 Å². The second kappa shape index (κ2) is 6.74. The average Bonchev–Trinajstić information content (AvgIpc) is 2.53. The van der Waals surface area contributed by atoms with Crippen LogP contribution in [0.15, 0.2) is 36.4 Å². The first-order valence-corrected chi connectivity index (χ1v) is 6.49. The van der Waals surface area contributed by atoms with Crippen molar-refractivity contribution in [1.29, 1.82) is 0 Å². The minimum Gasteiger partial charge on any atom is -0.508 e. The highest BCUT2D eigenvalue weighted by molar-refractivity contribution is 5.55. The summed E-state index contributed by atoms with van der Waals surface area (Å²) in [5, 5.41) is 12.5. The summed E-state index contributed by atoms with van der Waals surface area (Å²) in [7, 11) is 4.76. The number of aromatic hydroxyl groups is 1. The molecule has 0 aliphatic rings. The summed E-state index contributed by atoms with van der Waals surface area (Å²) in [6.45, 7) is 0.599. The predicted molar refractivity (Wildman–Crippen MR) is 81.5 cm³/mol. The molecule has 0 saturated carbocycles. The highest BCUT2D eigenvalue weighted by Crippen LogP contribution is 2.38. The van der Waals surface area contributed by atoms with Gasteiger partial charge >= 0.3 is 0 Å². The Labute approximate surface area is 124 Å². The topological polar surface area (TPSA) is 60.0 Å². The number of ether oxygens (including phenoxy) is 3. The number of methoxy groups -OCH3 is 3. The van der Waals surface area contributed by atoms with Crippen LogP contribution in [0, 0.1) is 0 Å². The molecule has 5 nitrogen and oxygen atoms in total. The lowest BCUT2D eigenvalue weighted by Crippen LogP contribution is -2.02. The smallest absolute Gasteiger partial charge is 0.203 e. The summed E-state index contributed by atoms with van der Waals surface area (Å²) in [5.41, 5.74) is 1.92. The van der Waals surface area contributed by atoms with E-state index in [-0.39, 0.29) is 5.75 Å². The van der Waals surface area contributed by atoms with Crippen LogP contribution in [-0.4, -0.2) is 26.4 Å². The van der Waals surface area contributed by atoms with Gasteiger partial charge in [-0.05, 0) is 42.0 Å². The normalized spacial score (nSPS) is 10.0. The summed E-state index contributed by atoms with van der Waals surface area (Å²) >= 11 is 0. The molecule has 0 radical (unpaired) electrons. The molecular formula is C16H19NO4. The molecule has 0 saturated heterocycles. The van der Waals surface area contributed by atoms with Gasteiger partial charge in [-0.3, -0.25) is 0 Å². The number of phenols is 1. The first-order chi connectivity index (χ1) is 10.2. The Kier molecular flexibility index (Phi) is 4.77. The molecule has 2 rings (SSSR count). The van der Waals surface area contributed by atoms with Gasteiger partial charge in [0.25, 0.3) is 0 Å². The quantitative estimate of drug-likeness (QED) is 0.800. The van der Waals surface area contributed by atoms with E-state index in [4.69, 9.17) is 14.2 Å². The lowest BCUT2D eigenvalue weighted by atomic mass is 10.1. The SMILES string of the molecule is COc1cc(CNc2ccc(O)cc2)cc(OC)c1OC. The van der Waals surface area contributed by atoms with E-state index in [0.717, 1.165) is 11.3 Å². The number of phenolic OH excluding ortho intramolecular Hbond substituents is 1. The van der Waals surface area contributed by atoms with Crippen molar-refractivity contribution >= 4 is 5.69 Å². The van der Waals surface area contributed by atoms with Crippen molar-refractivity contribution in [3.63, 3.8) is 0 Å². The Morgan fingerprint density at radius 2 is 1.48 bits per heavy atom. The Morgan fingerprint density at radius 3 is 1.95 bits per heavy atom. The molecule has 0 heterocycles. The fraction of sp³-hybridized carbons (Fsp3) is 0.250. The van der Waals surface area contributed by atoms with Gasteiger partial charge in [0, 0.05) is 12.2 Å². The van der Waals surface area contributed by atoms with Gasteiger partial charge in [-0.1, -0.05) is 0 Å². The summed E-state index contributed by atoms with van der Waals surface area (Å²) in [5.74, 6) is 2.07. The molecule has 5 heteroatoms. The number of anilines is 1. The van der Waals surface area contributed by atoms with Crippen molar-refractivity contribution in [1.82, 2.24) is 0 Å². The van der Waals surface area contributed by atoms with E-state index < -0.39 is 0 Å². The van der Waals surface area contributed by atoms with Gasteiger partial charge in [-0.2, -0.15) is 0 Å². The molecule has 2 aromatic rings. The third-order valence-electron chi connectivity index (χ3n) is 3.09. The first-order valence-electron chi connectivity index (χ1n) is 6.49. The predicted octanol–water partition coefficient (Wildman–Crippen LogP) is 3.03. The minimum atomic E-state index is 0.244. The maximum absolute atomic E-state index is 9.26. The van der Waals surface area contributed by atoms with Crippen molar-refractivity contribution in [2.24, 2.45) is 0 Å². The van der Waals surface area contributed by atoms with Crippen LogP contribution in [0.1, 0.15) is 5.56 Å². The van der Waals surface area contributed by atoms with Gasteiger partial charge in [0.2, 0.25) is 5.75 Å². The molecule has 112 valence electrons. The average molecular weight is 289 g/mol. The number of nitrogens with one attached hydrogen (secondary N) is 1. The summed E-state index contributed by atoms with van der Waals surface area (Å²) in [4.78, 5) is 0. The van der Waals surface area contributed by atoms with Gasteiger partial charge in [0.15, 0.2) is 11.5 Å². The lowest BCUT2D eigenvalue weighted by Gasteiger charge is -2.14. The monoisotopic (exact) mass is 289 g/mol. The number of benzene rings is 2. The van der Waals surface area contributed by atoms with Gasteiger partial charge in [0.1, 0.15) is 5.75 Å². The maximum atomic E-state index is 9.26. The van der Waals surface area contributed by atoms with E-state index in [9.17, 15) is 5.11 Å². The highest BCUT2D eigenvalue weighted by Gasteiger charge is 2.12. The Balaban J connectivity index is 2.18. The molecule has 0 amide bonds. The van der Waals surface area contributed by atoms with E-state index in [2.05, 4.69) is 5.32 Å². The van der Waals surface area contributed by atoms with E-state index in [0.29, 0.717) is 23.8 Å². The Morgan fingerprint density at radius 1 is 0.905 bits per heavy atom. The Hall–Kier alpha value is -2.56. The highest BCUT2D eigenvalue weighted by atomic mass is 16.5. The fourth-order valence-electron chi connectivity index (χ4n) is 2.02. The first kappa shape index (κ1) is 14.8. The third-order valence-corrected chi connectivity index (χ3v) is 3.09. The van der Waals surface area contributed by atoms with Crippen LogP contribution in [0.3, 0.4) is 0 Å². The molecule has 0 bridgehead atoms. The van der Waals surface area contributed by atoms with Crippen LogP contribution in [0.5, 0.6) is 23.0 Å². The molecule has 0 unspecified atom stereocenters.